The van der Waals surface area contributed by atoms with Crippen LogP contribution in [0.25, 0.3) is 0 Å². The van der Waals surface area contributed by atoms with E-state index in [1.807, 2.05) is 0 Å². The van der Waals surface area contributed by atoms with Crippen molar-refractivity contribution in [3.05, 3.63) is 34.9 Å². The van der Waals surface area contributed by atoms with Gasteiger partial charge in [-0.05, 0) is 64.5 Å². The summed E-state index contributed by atoms with van der Waals surface area (Å²) in [7, 11) is 0. The molecule has 0 amide bonds. The van der Waals surface area contributed by atoms with Crippen molar-refractivity contribution < 1.29 is 0 Å². The van der Waals surface area contributed by atoms with E-state index in [1.54, 1.807) is 0 Å². The Morgan fingerprint density at radius 3 is 2.57 bits per heavy atom. The highest BCUT2D eigenvalue weighted by atomic mass is 15.3. The molecule has 1 N–H and O–H groups in total. The lowest BCUT2D eigenvalue weighted by atomic mass is 9.85. The summed E-state index contributed by atoms with van der Waals surface area (Å²) in [5, 5.41) is 3.77. The second-order valence-electron chi connectivity index (χ2n) is 8.15. The molecule has 2 fully saturated rings. The van der Waals surface area contributed by atoms with E-state index in [4.69, 9.17) is 0 Å². The largest absolute Gasteiger partial charge is 0.309 e. The lowest BCUT2D eigenvalue weighted by molar-refractivity contribution is 0.00507. The fourth-order valence-electron chi connectivity index (χ4n) is 3.76. The van der Waals surface area contributed by atoms with Crippen LogP contribution in [0.3, 0.4) is 0 Å². The Morgan fingerprint density at radius 1 is 1.19 bits per heavy atom. The summed E-state index contributed by atoms with van der Waals surface area (Å²) in [6, 6.07) is 6.87. The molecule has 1 saturated carbocycles. The third-order valence-corrected chi connectivity index (χ3v) is 5.56. The van der Waals surface area contributed by atoms with E-state index in [-0.39, 0.29) is 5.54 Å². The third-order valence-electron chi connectivity index (χ3n) is 5.56. The molecule has 2 heteroatoms. The number of nitrogens with one attached hydrogen (secondary N) is 1. The van der Waals surface area contributed by atoms with Crippen molar-refractivity contribution in [2.24, 2.45) is 5.92 Å². The van der Waals surface area contributed by atoms with Crippen LogP contribution < -0.4 is 5.32 Å². The zero-order chi connectivity index (χ0) is 15.3. The smallest absolute Gasteiger partial charge is 0.0338 e. The molecule has 1 saturated heterocycles. The molecule has 0 spiro atoms. The third kappa shape index (κ3) is 3.02. The molecule has 1 unspecified atom stereocenters. The normalized spacial score (nSPS) is 29.6. The van der Waals surface area contributed by atoms with E-state index in [9.17, 15) is 0 Å². The molecule has 3 rings (SSSR count). The fourth-order valence-corrected chi connectivity index (χ4v) is 3.76. The lowest BCUT2D eigenvalue weighted by Crippen LogP contribution is -2.67. The average Bonchev–Trinajstić information content (AvgIpc) is 3.23. The van der Waals surface area contributed by atoms with Gasteiger partial charge in [0.25, 0.3) is 0 Å². The van der Waals surface area contributed by atoms with Crippen molar-refractivity contribution in [3.63, 3.8) is 0 Å². The second kappa shape index (κ2) is 5.10. The van der Waals surface area contributed by atoms with Gasteiger partial charge in [0.2, 0.25) is 0 Å². The van der Waals surface area contributed by atoms with Gasteiger partial charge in [0, 0.05) is 30.7 Å². The zero-order valence-electron chi connectivity index (χ0n) is 14.3. The van der Waals surface area contributed by atoms with Gasteiger partial charge >= 0.3 is 0 Å². The first-order valence-electron chi connectivity index (χ1n) is 8.36. The second-order valence-corrected chi connectivity index (χ2v) is 8.15. The molecule has 1 aliphatic carbocycles. The molecule has 116 valence electrons. The molecule has 1 aromatic carbocycles. The quantitative estimate of drug-likeness (QED) is 0.912. The van der Waals surface area contributed by atoms with E-state index in [2.05, 4.69) is 63.0 Å². The van der Waals surface area contributed by atoms with Gasteiger partial charge in [0.1, 0.15) is 0 Å². The van der Waals surface area contributed by atoms with Crippen LogP contribution in [0.2, 0.25) is 0 Å². The minimum Gasteiger partial charge on any atom is -0.309 e. The molecule has 1 atom stereocenters. The Kier molecular flexibility index (Phi) is 3.66. The maximum absolute atomic E-state index is 3.77. The van der Waals surface area contributed by atoms with Crippen LogP contribution >= 0.6 is 0 Å². The first-order valence-corrected chi connectivity index (χ1v) is 8.36. The maximum atomic E-state index is 3.77. The summed E-state index contributed by atoms with van der Waals surface area (Å²) in [5.41, 5.74) is 4.84. The Morgan fingerprint density at radius 2 is 1.90 bits per heavy atom. The van der Waals surface area contributed by atoms with Crippen molar-refractivity contribution >= 4 is 0 Å². The number of benzene rings is 1. The van der Waals surface area contributed by atoms with Gasteiger partial charge in [-0.3, -0.25) is 4.90 Å². The van der Waals surface area contributed by atoms with Gasteiger partial charge in [0.15, 0.2) is 0 Å². The highest BCUT2D eigenvalue weighted by Crippen LogP contribution is 2.45. The van der Waals surface area contributed by atoms with Gasteiger partial charge in [-0.1, -0.05) is 23.8 Å². The van der Waals surface area contributed by atoms with Crippen LogP contribution in [0.5, 0.6) is 0 Å². The molecule has 1 heterocycles. The highest BCUT2D eigenvalue weighted by Gasteiger charge is 2.49. The van der Waals surface area contributed by atoms with Crippen molar-refractivity contribution in [2.45, 2.75) is 65.1 Å². The van der Waals surface area contributed by atoms with Crippen molar-refractivity contribution in [2.75, 3.05) is 13.1 Å². The molecule has 1 aliphatic heterocycles. The summed E-state index contributed by atoms with van der Waals surface area (Å²) in [6.45, 7) is 14.9. The average molecular weight is 286 g/mol. The zero-order valence-corrected chi connectivity index (χ0v) is 14.3. The molecule has 0 aromatic heterocycles. The Hall–Kier alpha value is -0.860. The van der Waals surface area contributed by atoms with Crippen LogP contribution in [0, 0.1) is 19.8 Å². The van der Waals surface area contributed by atoms with Gasteiger partial charge in [0.05, 0.1) is 0 Å². The monoisotopic (exact) mass is 286 g/mol. The first kappa shape index (κ1) is 15.1. The molecule has 1 aromatic rings. The van der Waals surface area contributed by atoms with Crippen molar-refractivity contribution in [1.29, 1.82) is 0 Å². The van der Waals surface area contributed by atoms with Crippen LogP contribution in [0.4, 0.5) is 0 Å². The standard InChI is InChI=1S/C19H30N2/c1-14-6-7-15(2)16(10-14)11-21-13-18(3,4)20-12-19(21,5)17-8-9-17/h6-7,10,17,20H,8-9,11-13H2,1-5H3. The lowest BCUT2D eigenvalue weighted by Gasteiger charge is -2.52. The topological polar surface area (TPSA) is 15.3 Å². The summed E-state index contributed by atoms with van der Waals surface area (Å²) in [6.07, 6.45) is 2.81. The molecular weight excluding hydrogens is 256 g/mol. The van der Waals surface area contributed by atoms with Gasteiger partial charge in [-0.2, -0.15) is 0 Å². The van der Waals surface area contributed by atoms with Crippen LogP contribution in [-0.2, 0) is 6.54 Å². The summed E-state index contributed by atoms with van der Waals surface area (Å²) in [5.74, 6) is 0.881. The predicted molar refractivity (Wildman–Crippen MR) is 89.5 cm³/mol. The Balaban J connectivity index is 1.87. The van der Waals surface area contributed by atoms with E-state index in [0.717, 1.165) is 25.6 Å². The Labute approximate surface area is 129 Å². The minimum absolute atomic E-state index is 0.214. The molecule has 2 aliphatic rings. The molecule has 0 bridgehead atoms. The van der Waals surface area contributed by atoms with Gasteiger partial charge < -0.3 is 5.32 Å². The SMILES string of the molecule is Cc1ccc(C)c(CN2CC(C)(C)NCC2(C)C2CC2)c1. The van der Waals surface area contributed by atoms with Crippen LogP contribution in [0.15, 0.2) is 18.2 Å². The number of hydrogen-bond acceptors (Lipinski definition) is 2. The fraction of sp³-hybridized carbons (Fsp3) is 0.684. The minimum atomic E-state index is 0.214. The number of piperazine rings is 1. The molecule has 0 radical (unpaired) electrons. The summed E-state index contributed by atoms with van der Waals surface area (Å²) in [4.78, 5) is 2.75. The molecule has 2 nitrogen and oxygen atoms in total. The highest BCUT2D eigenvalue weighted by molar-refractivity contribution is 5.31. The van der Waals surface area contributed by atoms with E-state index >= 15 is 0 Å². The predicted octanol–water partition coefficient (Wildman–Crippen LogP) is 3.66. The van der Waals surface area contributed by atoms with Crippen LogP contribution in [-0.4, -0.2) is 29.1 Å². The van der Waals surface area contributed by atoms with Crippen molar-refractivity contribution in [1.82, 2.24) is 10.2 Å². The van der Waals surface area contributed by atoms with Crippen molar-refractivity contribution in [3.8, 4) is 0 Å². The van der Waals surface area contributed by atoms with Gasteiger partial charge in [-0.25, -0.2) is 0 Å². The number of aryl methyl sites for hydroxylation is 2. The van der Waals surface area contributed by atoms with Crippen LogP contribution in [0.1, 0.15) is 50.3 Å². The maximum Gasteiger partial charge on any atom is 0.0338 e. The number of hydrogen-bond donors (Lipinski definition) is 1. The summed E-state index contributed by atoms with van der Waals surface area (Å²) < 4.78 is 0. The first-order chi connectivity index (χ1) is 9.80. The van der Waals surface area contributed by atoms with E-state index < -0.39 is 0 Å². The van der Waals surface area contributed by atoms with E-state index in [0.29, 0.717) is 5.54 Å². The molecule has 21 heavy (non-hydrogen) atoms. The molecular formula is C19H30N2. The summed E-state index contributed by atoms with van der Waals surface area (Å²) >= 11 is 0. The number of rotatable bonds is 3. The van der Waals surface area contributed by atoms with E-state index in [1.165, 1.54) is 29.5 Å². The number of nitrogens with zero attached hydrogens (tertiary/aromatic N) is 1. The van der Waals surface area contributed by atoms with Gasteiger partial charge in [-0.15, -0.1) is 0 Å². The Bertz CT molecular complexity index is 530.